The standard InChI is InChI=1S/C13H24N4O6/c1-3-7(2)11(14)12(21)16-4-9(19)15-5-10(20)17-8(6-18)13(22)23/h7-8,11,18H,3-6,14H2,1-2H3,(H,15,19)(H,16,21)(H,17,20)(H,22,23). The van der Waals surface area contributed by atoms with Gasteiger partial charge in [0.2, 0.25) is 17.7 Å². The Bertz CT molecular complexity index is 442. The first-order chi connectivity index (χ1) is 10.7. The minimum Gasteiger partial charge on any atom is -0.480 e. The van der Waals surface area contributed by atoms with Crippen LogP contribution in [0.15, 0.2) is 0 Å². The molecule has 3 atom stereocenters. The van der Waals surface area contributed by atoms with Crippen LogP contribution < -0.4 is 21.7 Å². The van der Waals surface area contributed by atoms with E-state index in [4.69, 9.17) is 15.9 Å². The van der Waals surface area contributed by atoms with Gasteiger partial charge in [-0.25, -0.2) is 4.79 Å². The number of aliphatic hydroxyl groups excluding tert-OH is 1. The van der Waals surface area contributed by atoms with Crippen LogP contribution in [0, 0.1) is 5.92 Å². The van der Waals surface area contributed by atoms with E-state index in [1.54, 1.807) is 0 Å². The van der Waals surface area contributed by atoms with Gasteiger partial charge in [0, 0.05) is 0 Å². The molecule has 0 saturated heterocycles. The SMILES string of the molecule is CCC(C)C(N)C(=O)NCC(=O)NCC(=O)NC(CO)C(=O)O. The Morgan fingerprint density at radius 1 is 1.09 bits per heavy atom. The number of aliphatic carboxylic acids is 1. The lowest BCUT2D eigenvalue weighted by atomic mass is 9.99. The van der Waals surface area contributed by atoms with Crippen molar-refractivity contribution in [2.24, 2.45) is 11.7 Å². The number of hydrogen-bond acceptors (Lipinski definition) is 6. The molecule has 0 heterocycles. The molecule has 0 aliphatic rings. The van der Waals surface area contributed by atoms with Gasteiger partial charge in [0.05, 0.1) is 25.7 Å². The predicted octanol–water partition coefficient (Wildman–Crippen LogP) is -2.85. The van der Waals surface area contributed by atoms with E-state index in [9.17, 15) is 19.2 Å². The van der Waals surface area contributed by atoms with Crippen molar-refractivity contribution in [3.8, 4) is 0 Å². The Labute approximate surface area is 133 Å². The Kier molecular flexibility index (Phi) is 9.51. The summed E-state index contributed by atoms with van der Waals surface area (Å²) in [5.41, 5.74) is 5.69. The summed E-state index contributed by atoms with van der Waals surface area (Å²) < 4.78 is 0. The van der Waals surface area contributed by atoms with Gasteiger partial charge in [-0.05, 0) is 5.92 Å². The van der Waals surface area contributed by atoms with Crippen molar-refractivity contribution in [1.82, 2.24) is 16.0 Å². The van der Waals surface area contributed by atoms with E-state index in [1.807, 2.05) is 19.2 Å². The van der Waals surface area contributed by atoms with Crippen LogP contribution in [0.25, 0.3) is 0 Å². The van der Waals surface area contributed by atoms with Gasteiger partial charge < -0.3 is 31.9 Å². The quantitative estimate of drug-likeness (QED) is 0.250. The normalized spacial score (nSPS) is 14.3. The monoisotopic (exact) mass is 332 g/mol. The Hall–Kier alpha value is -2.20. The number of amides is 3. The molecule has 0 aromatic rings. The third-order valence-electron chi connectivity index (χ3n) is 3.24. The van der Waals surface area contributed by atoms with Crippen LogP contribution in [0.2, 0.25) is 0 Å². The molecule has 10 nitrogen and oxygen atoms in total. The number of aliphatic hydroxyl groups is 1. The summed E-state index contributed by atoms with van der Waals surface area (Å²) in [7, 11) is 0. The van der Waals surface area contributed by atoms with E-state index in [0.717, 1.165) is 6.42 Å². The fourth-order valence-corrected chi connectivity index (χ4v) is 1.47. The molecule has 10 heteroatoms. The maximum absolute atomic E-state index is 11.7. The first-order valence-corrected chi connectivity index (χ1v) is 7.15. The molecule has 0 aliphatic heterocycles. The average Bonchev–Trinajstić information content (AvgIpc) is 2.53. The van der Waals surface area contributed by atoms with Gasteiger partial charge in [-0.15, -0.1) is 0 Å². The van der Waals surface area contributed by atoms with Crippen LogP contribution >= 0.6 is 0 Å². The number of carboxylic acid groups (broad SMARTS) is 1. The number of carbonyl (C=O) groups excluding carboxylic acids is 3. The molecule has 23 heavy (non-hydrogen) atoms. The molecule has 132 valence electrons. The summed E-state index contributed by atoms with van der Waals surface area (Å²) >= 11 is 0. The van der Waals surface area contributed by atoms with Gasteiger partial charge >= 0.3 is 5.97 Å². The Morgan fingerprint density at radius 2 is 1.65 bits per heavy atom. The predicted molar refractivity (Wildman–Crippen MR) is 80.1 cm³/mol. The lowest BCUT2D eigenvalue weighted by Crippen LogP contribution is -2.50. The maximum Gasteiger partial charge on any atom is 0.328 e. The van der Waals surface area contributed by atoms with E-state index in [2.05, 4.69) is 10.6 Å². The smallest absolute Gasteiger partial charge is 0.328 e. The minimum absolute atomic E-state index is 0.0322. The summed E-state index contributed by atoms with van der Waals surface area (Å²) in [5, 5.41) is 24.0. The molecule has 0 saturated carbocycles. The highest BCUT2D eigenvalue weighted by Gasteiger charge is 2.21. The van der Waals surface area contributed by atoms with Crippen molar-refractivity contribution in [2.45, 2.75) is 32.4 Å². The second-order valence-electron chi connectivity index (χ2n) is 5.05. The van der Waals surface area contributed by atoms with E-state index < -0.39 is 48.9 Å². The molecule has 0 aromatic heterocycles. The van der Waals surface area contributed by atoms with Crippen LogP contribution in [-0.4, -0.2) is 65.7 Å². The second kappa shape index (κ2) is 10.5. The summed E-state index contributed by atoms with van der Waals surface area (Å²) in [6.45, 7) is 2.11. The van der Waals surface area contributed by atoms with Gasteiger partial charge in [0.15, 0.2) is 0 Å². The molecule has 0 bridgehead atoms. The zero-order valence-corrected chi connectivity index (χ0v) is 13.2. The fraction of sp³-hybridized carbons (Fsp3) is 0.692. The molecule has 0 fully saturated rings. The molecule has 0 spiro atoms. The third-order valence-corrected chi connectivity index (χ3v) is 3.24. The van der Waals surface area contributed by atoms with Gasteiger partial charge in [-0.1, -0.05) is 20.3 Å². The highest BCUT2D eigenvalue weighted by atomic mass is 16.4. The highest BCUT2D eigenvalue weighted by Crippen LogP contribution is 2.04. The van der Waals surface area contributed by atoms with Crippen LogP contribution in [0.4, 0.5) is 0 Å². The van der Waals surface area contributed by atoms with Crippen molar-refractivity contribution in [3.63, 3.8) is 0 Å². The van der Waals surface area contributed by atoms with Crippen molar-refractivity contribution in [3.05, 3.63) is 0 Å². The van der Waals surface area contributed by atoms with Crippen LogP contribution in [0.3, 0.4) is 0 Å². The molecular weight excluding hydrogens is 308 g/mol. The van der Waals surface area contributed by atoms with Gasteiger partial charge in [0.25, 0.3) is 0 Å². The lowest BCUT2D eigenvalue weighted by molar-refractivity contribution is -0.142. The second-order valence-corrected chi connectivity index (χ2v) is 5.05. The number of nitrogens with two attached hydrogens (primary N) is 1. The Balaban J connectivity index is 4.10. The molecular formula is C13H24N4O6. The molecule has 0 aromatic carbocycles. The minimum atomic E-state index is -1.44. The number of carbonyl (C=O) groups is 4. The van der Waals surface area contributed by atoms with Gasteiger partial charge in [-0.3, -0.25) is 14.4 Å². The van der Waals surface area contributed by atoms with E-state index in [-0.39, 0.29) is 12.5 Å². The average molecular weight is 332 g/mol. The first-order valence-electron chi connectivity index (χ1n) is 7.15. The van der Waals surface area contributed by atoms with Gasteiger partial charge in [-0.2, -0.15) is 0 Å². The molecule has 7 N–H and O–H groups in total. The van der Waals surface area contributed by atoms with E-state index in [1.165, 1.54) is 0 Å². The molecule has 3 amide bonds. The third kappa shape index (κ3) is 8.12. The summed E-state index contributed by atoms with van der Waals surface area (Å²) in [6.07, 6.45) is 0.719. The topological polar surface area (TPSA) is 171 Å². The maximum atomic E-state index is 11.7. The summed E-state index contributed by atoms with van der Waals surface area (Å²) in [6, 6.07) is -2.16. The summed E-state index contributed by atoms with van der Waals surface area (Å²) in [5.74, 6) is -3.29. The van der Waals surface area contributed by atoms with E-state index in [0.29, 0.717) is 0 Å². The molecule has 3 unspecified atom stereocenters. The lowest BCUT2D eigenvalue weighted by Gasteiger charge is -2.17. The zero-order valence-electron chi connectivity index (χ0n) is 13.2. The molecule has 0 radical (unpaired) electrons. The molecule has 0 aliphatic carbocycles. The van der Waals surface area contributed by atoms with Crippen molar-refractivity contribution < 1.29 is 29.4 Å². The van der Waals surface area contributed by atoms with Crippen LogP contribution in [0.5, 0.6) is 0 Å². The van der Waals surface area contributed by atoms with Gasteiger partial charge in [0.1, 0.15) is 6.04 Å². The number of nitrogens with one attached hydrogen (secondary N) is 3. The first kappa shape index (κ1) is 20.8. The van der Waals surface area contributed by atoms with Crippen LogP contribution in [0.1, 0.15) is 20.3 Å². The van der Waals surface area contributed by atoms with Crippen molar-refractivity contribution >= 4 is 23.7 Å². The van der Waals surface area contributed by atoms with Crippen molar-refractivity contribution in [1.29, 1.82) is 0 Å². The van der Waals surface area contributed by atoms with Crippen LogP contribution in [-0.2, 0) is 19.2 Å². The largest absolute Gasteiger partial charge is 0.480 e. The summed E-state index contributed by atoms with van der Waals surface area (Å²) in [4.78, 5) is 45.1. The number of carboxylic acids is 1. The number of hydrogen-bond donors (Lipinski definition) is 6. The number of rotatable bonds is 10. The Morgan fingerprint density at radius 3 is 2.13 bits per heavy atom. The fourth-order valence-electron chi connectivity index (χ4n) is 1.47. The van der Waals surface area contributed by atoms with E-state index >= 15 is 0 Å². The molecule has 0 rings (SSSR count). The zero-order chi connectivity index (χ0) is 18.0. The highest BCUT2D eigenvalue weighted by molar-refractivity contribution is 5.90. The van der Waals surface area contributed by atoms with Crippen molar-refractivity contribution in [2.75, 3.05) is 19.7 Å².